The van der Waals surface area contributed by atoms with E-state index in [-0.39, 0.29) is 21.5 Å². The Balaban J connectivity index is 3.22. The molecule has 0 aliphatic heterocycles. The highest BCUT2D eigenvalue weighted by molar-refractivity contribution is 6.35. The Hall–Kier alpha value is -1.62. The van der Waals surface area contributed by atoms with E-state index >= 15 is 0 Å². The van der Waals surface area contributed by atoms with Gasteiger partial charge in [0.1, 0.15) is 5.39 Å². The second-order valence-corrected chi connectivity index (χ2v) is 4.04. The van der Waals surface area contributed by atoms with Crippen molar-refractivity contribution in [1.29, 1.82) is 0 Å². The molecule has 0 saturated heterocycles. The Labute approximate surface area is 95.9 Å². The summed E-state index contributed by atoms with van der Waals surface area (Å²) in [6, 6.07) is 0. The standard InChI is InChI=1S/C10H10ClN3O2/c1-5-7(11)6-8(14(3)9(5)15)12-4-13(2)10(6)16/h4H,1-3H3. The van der Waals surface area contributed by atoms with Crippen LogP contribution in [0.4, 0.5) is 0 Å². The van der Waals surface area contributed by atoms with E-state index in [1.54, 1.807) is 21.0 Å². The topological polar surface area (TPSA) is 56.9 Å². The third-order valence-electron chi connectivity index (χ3n) is 2.60. The van der Waals surface area contributed by atoms with Gasteiger partial charge in [0, 0.05) is 19.7 Å². The maximum Gasteiger partial charge on any atom is 0.264 e. The summed E-state index contributed by atoms with van der Waals surface area (Å²) in [5.74, 6) is 0. The molecule has 2 heterocycles. The van der Waals surface area contributed by atoms with Crippen molar-refractivity contribution in [3.63, 3.8) is 0 Å². The Morgan fingerprint density at radius 2 is 1.88 bits per heavy atom. The molecule has 5 nitrogen and oxygen atoms in total. The summed E-state index contributed by atoms with van der Waals surface area (Å²) >= 11 is 6.01. The zero-order chi connectivity index (χ0) is 12.0. The summed E-state index contributed by atoms with van der Waals surface area (Å²) in [4.78, 5) is 27.7. The second-order valence-electron chi connectivity index (χ2n) is 3.66. The van der Waals surface area contributed by atoms with Gasteiger partial charge >= 0.3 is 0 Å². The number of hydrogen-bond donors (Lipinski definition) is 0. The van der Waals surface area contributed by atoms with Crippen LogP contribution < -0.4 is 11.1 Å². The molecular weight excluding hydrogens is 230 g/mol. The number of halogens is 1. The number of fused-ring (bicyclic) bond motifs is 1. The Morgan fingerprint density at radius 3 is 2.50 bits per heavy atom. The van der Waals surface area contributed by atoms with Gasteiger partial charge in [-0.3, -0.25) is 14.2 Å². The lowest BCUT2D eigenvalue weighted by atomic mass is 10.2. The molecule has 0 amide bonds. The van der Waals surface area contributed by atoms with Crippen LogP contribution in [0.15, 0.2) is 15.9 Å². The molecule has 2 aromatic heterocycles. The average Bonchev–Trinajstić information content (AvgIpc) is 2.27. The van der Waals surface area contributed by atoms with Gasteiger partial charge < -0.3 is 4.57 Å². The van der Waals surface area contributed by atoms with Crippen LogP contribution >= 0.6 is 11.6 Å². The van der Waals surface area contributed by atoms with Gasteiger partial charge in [0.05, 0.1) is 11.3 Å². The second kappa shape index (κ2) is 3.45. The molecule has 0 aromatic carbocycles. The van der Waals surface area contributed by atoms with Crippen LogP contribution in [0.2, 0.25) is 5.02 Å². The van der Waals surface area contributed by atoms with Crippen molar-refractivity contribution in [1.82, 2.24) is 14.1 Å². The normalized spacial score (nSPS) is 11.0. The van der Waals surface area contributed by atoms with Gasteiger partial charge in [-0.05, 0) is 6.92 Å². The third-order valence-corrected chi connectivity index (χ3v) is 3.08. The molecule has 2 rings (SSSR count). The molecule has 6 heteroatoms. The maximum absolute atomic E-state index is 11.9. The van der Waals surface area contributed by atoms with Crippen LogP contribution in [0.3, 0.4) is 0 Å². The van der Waals surface area contributed by atoms with Crippen LogP contribution in [-0.4, -0.2) is 14.1 Å². The maximum atomic E-state index is 11.9. The van der Waals surface area contributed by atoms with Crippen molar-refractivity contribution in [3.05, 3.63) is 37.6 Å². The number of pyridine rings is 1. The fourth-order valence-electron chi connectivity index (χ4n) is 1.61. The summed E-state index contributed by atoms with van der Waals surface area (Å²) in [7, 11) is 3.16. The van der Waals surface area contributed by atoms with Gasteiger partial charge in [-0.25, -0.2) is 4.98 Å². The molecule has 16 heavy (non-hydrogen) atoms. The van der Waals surface area contributed by atoms with Gasteiger partial charge in [-0.2, -0.15) is 0 Å². The van der Waals surface area contributed by atoms with E-state index in [1.807, 2.05) is 0 Å². The van der Waals surface area contributed by atoms with Gasteiger partial charge in [0.25, 0.3) is 11.1 Å². The van der Waals surface area contributed by atoms with Crippen LogP contribution in [0.5, 0.6) is 0 Å². The van der Waals surface area contributed by atoms with Crippen molar-refractivity contribution in [2.24, 2.45) is 14.1 Å². The van der Waals surface area contributed by atoms with E-state index in [0.717, 1.165) is 0 Å². The van der Waals surface area contributed by atoms with Crippen molar-refractivity contribution >= 4 is 22.6 Å². The molecule has 0 radical (unpaired) electrons. The number of nitrogens with zero attached hydrogens (tertiary/aromatic N) is 3. The minimum absolute atomic E-state index is 0.187. The summed E-state index contributed by atoms with van der Waals surface area (Å²) in [6.45, 7) is 1.59. The molecule has 2 aromatic rings. The number of rotatable bonds is 0. The number of hydrogen-bond acceptors (Lipinski definition) is 3. The number of aromatic nitrogens is 3. The highest BCUT2D eigenvalue weighted by Gasteiger charge is 2.14. The van der Waals surface area contributed by atoms with Crippen molar-refractivity contribution in [3.8, 4) is 0 Å². The molecule has 84 valence electrons. The minimum Gasteiger partial charge on any atom is -0.302 e. The van der Waals surface area contributed by atoms with E-state index in [1.165, 1.54) is 15.5 Å². The lowest BCUT2D eigenvalue weighted by Crippen LogP contribution is -2.26. The van der Waals surface area contributed by atoms with Crippen molar-refractivity contribution in [2.75, 3.05) is 0 Å². The molecular formula is C10H10ClN3O2. The Kier molecular flexibility index (Phi) is 2.35. The molecule has 0 spiro atoms. The summed E-state index contributed by atoms with van der Waals surface area (Å²) in [5.41, 5.74) is 0.178. The largest absolute Gasteiger partial charge is 0.302 e. The fourth-order valence-corrected chi connectivity index (χ4v) is 1.85. The SMILES string of the molecule is Cc1c(Cl)c2c(=O)n(C)cnc2n(C)c1=O. The first-order valence-corrected chi connectivity index (χ1v) is 5.03. The first-order valence-electron chi connectivity index (χ1n) is 4.65. The first-order chi connectivity index (χ1) is 7.45. The van der Waals surface area contributed by atoms with Crippen LogP contribution in [0.25, 0.3) is 11.0 Å². The molecule has 0 aliphatic carbocycles. The van der Waals surface area contributed by atoms with E-state index in [0.29, 0.717) is 11.2 Å². The first kappa shape index (κ1) is 10.9. The summed E-state index contributed by atoms with van der Waals surface area (Å²) in [6.07, 6.45) is 1.37. The molecule has 0 unspecified atom stereocenters. The Bertz CT molecular complexity index is 700. The molecule has 0 saturated carbocycles. The molecule has 0 aliphatic rings. The fraction of sp³-hybridized carbons (Fsp3) is 0.300. The molecule has 0 N–H and O–H groups in total. The van der Waals surface area contributed by atoms with Crippen molar-refractivity contribution in [2.45, 2.75) is 6.92 Å². The molecule has 0 fully saturated rings. The lowest BCUT2D eigenvalue weighted by molar-refractivity contribution is 0.812. The zero-order valence-corrected chi connectivity index (χ0v) is 9.87. The average molecular weight is 240 g/mol. The van der Waals surface area contributed by atoms with E-state index in [4.69, 9.17) is 11.6 Å². The quantitative estimate of drug-likeness (QED) is 0.676. The zero-order valence-electron chi connectivity index (χ0n) is 9.11. The monoisotopic (exact) mass is 239 g/mol. The highest BCUT2D eigenvalue weighted by atomic mass is 35.5. The summed E-state index contributed by atoms with van der Waals surface area (Å²) < 4.78 is 2.66. The smallest absolute Gasteiger partial charge is 0.264 e. The number of aryl methyl sites for hydroxylation is 2. The third kappa shape index (κ3) is 1.28. The minimum atomic E-state index is -0.256. The predicted octanol–water partition coefficient (Wildman–Crippen LogP) is 0.594. The van der Waals surface area contributed by atoms with Crippen LogP contribution in [0, 0.1) is 6.92 Å². The van der Waals surface area contributed by atoms with E-state index in [9.17, 15) is 9.59 Å². The molecule has 0 atom stereocenters. The van der Waals surface area contributed by atoms with Crippen LogP contribution in [-0.2, 0) is 14.1 Å². The van der Waals surface area contributed by atoms with Gasteiger partial charge in [0.15, 0.2) is 5.65 Å². The summed E-state index contributed by atoms with van der Waals surface area (Å²) in [5, 5.41) is 0.470. The van der Waals surface area contributed by atoms with E-state index in [2.05, 4.69) is 4.98 Å². The van der Waals surface area contributed by atoms with Crippen molar-refractivity contribution < 1.29 is 0 Å². The van der Waals surface area contributed by atoms with Gasteiger partial charge in [-0.1, -0.05) is 11.6 Å². The van der Waals surface area contributed by atoms with E-state index < -0.39 is 0 Å². The van der Waals surface area contributed by atoms with Gasteiger partial charge in [-0.15, -0.1) is 0 Å². The van der Waals surface area contributed by atoms with Gasteiger partial charge in [0.2, 0.25) is 0 Å². The Morgan fingerprint density at radius 1 is 1.25 bits per heavy atom. The van der Waals surface area contributed by atoms with Crippen LogP contribution in [0.1, 0.15) is 5.56 Å². The highest BCUT2D eigenvalue weighted by Crippen LogP contribution is 2.19. The lowest BCUT2D eigenvalue weighted by Gasteiger charge is -2.08. The predicted molar refractivity (Wildman–Crippen MR) is 62.0 cm³/mol. The molecule has 0 bridgehead atoms.